The van der Waals surface area contributed by atoms with E-state index in [0.717, 1.165) is 5.56 Å². The Morgan fingerprint density at radius 3 is 1.96 bits per heavy atom. The average molecular weight is 335 g/mol. The van der Waals surface area contributed by atoms with Gasteiger partial charge in [0.25, 0.3) is 0 Å². The van der Waals surface area contributed by atoms with E-state index in [1.165, 1.54) is 52.4 Å². The van der Waals surface area contributed by atoms with Crippen molar-refractivity contribution in [1.82, 2.24) is 0 Å². The highest BCUT2D eigenvalue weighted by Gasteiger charge is 2.37. The molecule has 2 aromatic rings. The van der Waals surface area contributed by atoms with Crippen LogP contribution >= 0.6 is 0 Å². The van der Waals surface area contributed by atoms with Crippen LogP contribution in [0.15, 0.2) is 35.5 Å². The van der Waals surface area contributed by atoms with E-state index in [-0.39, 0.29) is 10.8 Å². The first-order valence-corrected chi connectivity index (χ1v) is 9.10. The maximum Gasteiger partial charge on any atom is 0.0733 e. The number of benzene rings is 2. The molecule has 0 bridgehead atoms. The summed E-state index contributed by atoms with van der Waals surface area (Å²) in [5.41, 5.74) is 9.47. The van der Waals surface area contributed by atoms with Crippen molar-refractivity contribution in [3.63, 3.8) is 0 Å². The molecule has 0 spiro atoms. The Hall–Kier alpha value is -2.09. The Bertz CT molecular complexity index is 843. The fraction of sp³-hybridized carbons (Fsp3) is 0.435. The monoisotopic (exact) mass is 335 g/mol. The Kier molecular flexibility index (Phi) is 4.26. The molecule has 0 unspecified atom stereocenters. The zero-order valence-corrected chi connectivity index (χ0v) is 16.3. The SMILES string of the molecule is Cc1cc(C=NO)ccc1-c1cc2c(cc1C)C(C)(C)CCC2(C)C. The van der Waals surface area contributed by atoms with E-state index in [1.54, 1.807) is 0 Å². The van der Waals surface area contributed by atoms with Crippen molar-refractivity contribution in [1.29, 1.82) is 0 Å². The first kappa shape index (κ1) is 17.7. The molecule has 0 heterocycles. The summed E-state index contributed by atoms with van der Waals surface area (Å²) in [6, 6.07) is 11.1. The highest BCUT2D eigenvalue weighted by molar-refractivity contribution is 5.82. The first-order valence-electron chi connectivity index (χ1n) is 9.10. The van der Waals surface area contributed by atoms with Crippen LogP contribution in [-0.4, -0.2) is 11.4 Å². The number of hydrogen-bond donors (Lipinski definition) is 1. The molecule has 0 saturated carbocycles. The summed E-state index contributed by atoms with van der Waals surface area (Å²) in [4.78, 5) is 0. The molecule has 1 N–H and O–H groups in total. The standard InChI is InChI=1S/C23H29NO/c1-15-11-17(14-24-25)7-8-18(15)19-13-21-20(12-16(19)2)22(3,4)9-10-23(21,5)6/h7-8,11-14,25H,9-10H2,1-6H3. The summed E-state index contributed by atoms with van der Waals surface area (Å²) in [7, 11) is 0. The van der Waals surface area contributed by atoms with Gasteiger partial charge in [-0.3, -0.25) is 0 Å². The molecule has 132 valence electrons. The molecule has 0 radical (unpaired) electrons. The molecule has 25 heavy (non-hydrogen) atoms. The van der Waals surface area contributed by atoms with E-state index in [1.807, 2.05) is 6.07 Å². The largest absolute Gasteiger partial charge is 0.411 e. The number of oxime groups is 1. The van der Waals surface area contributed by atoms with Gasteiger partial charge in [-0.1, -0.05) is 57.1 Å². The minimum atomic E-state index is 0.213. The second kappa shape index (κ2) is 6.01. The van der Waals surface area contributed by atoms with Crippen LogP contribution in [0.5, 0.6) is 0 Å². The summed E-state index contributed by atoms with van der Waals surface area (Å²) < 4.78 is 0. The minimum Gasteiger partial charge on any atom is -0.411 e. The van der Waals surface area contributed by atoms with Crippen LogP contribution in [0.2, 0.25) is 0 Å². The zero-order valence-electron chi connectivity index (χ0n) is 16.3. The van der Waals surface area contributed by atoms with Gasteiger partial charge in [0.15, 0.2) is 0 Å². The third-order valence-corrected chi connectivity index (χ3v) is 5.95. The van der Waals surface area contributed by atoms with Crippen molar-refractivity contribution in [2.75, 3.05) is 0 Å². The summed E-state index contributed by atoms with van der Waals surface area (Å²) in [5.74, 6) is 0. The molecule has 3 rings (SSSR count). The number of aryl methyl sites for hydroxylation is 2. The molecule has 0 saturated heterocycles. The van der Waals surface area contributed by atoms with Crippen molar-refractivity contribution < 1.29 is 5.21 Å². The van der Waals surface area contributed by atoms with Gasteiger partial charge >= 0.3 is 0 Å². The molecular weight excluding hydrogens is 306 g/mol. The number of hydrogen-bond acceptors (Lipinski definition) is 2. The maximum absolute atomic E-state index is 8.75. The summed E-state index contributed by atoms with van der Waals surface area (Å²) in [6.07, 6.45) is 3.93. The highest BCUT2D eigenvalue weighted by atomic mass is 16.4. The molecule has 0 fully saturated rings. The van der Waals surface area contributed by atoms with E-state index in [2.05, 4.69) is 71.0 Å². The number of rotatable bonds is 2. The molecule has 0 amide bonds. The third kappa shape index (κ3) is 3.10. The first-order chi connectivity index (χ1) is 11.7. The fourth-order valence-corrected chi connectivity index (χ4v) is 4.15. The van der Waals surface area contributed by atoms with Crippen LogP contribution in [0.3, 0.4) is 0 Å². The molecule has 2 heteroatoms. The van der Waals surface area contributed by atoms with E-state index < -0.39 is 0 Å². The van der Waals surface area contributed by atoms with Gasteiger partial charge in [-0.2, -0.15) is 0 Å². The van der Waals surface area contributed by atoms with Gasteiger partial charge in [0, 0.05) is 0 Å². The highest BCUT2D eigenvalue weighted by Crippen LogP contribution is 2.47. The lowest BCUT2D eigenvalue weighted by Crippen LogP contribution is -2.34. The molecule has 2 nitrogen and oxygen atoms in total. The van der Waals surface area contributed by atoms with Crippen LogP contribution in [0.1, 0.15) is 68.4 Å². The smallest absolute Gasteiger partial charge is 0.0733 e. The zero-order chi connectivity index (χ0) is 18.4. The van der Waals surface area contributed by atoms with Crippen LogP contribution in [0.4, 0.5) is 0 Å². The van der Waals surface area contributed by atoms with Gasteiger partial charge < -0.3 is 5.21 Å². The predicted molar refractivity (Wildman–Crippen MR) is 106 cm³/mol. The van der Waals surface area contributed by atoms with Crippen LogP contribution in [-0.2, 0) is 10.8 Å². The molecule has 1 aliphatic carbocycles. The van der Waals surface area contributed by atoms with Gasteiger partial charge in [0.1, 0.15) is 0 Å². The summed E-state index contributed by atoms with van der Waals surface area (Å²) in [5, 5.41) is 11.9. The van der Waals surface area contributed by atoms with Crippen LogP contribution in [0.25, 0.3) is 11.1 Å². The van der Waals surface area contributed by atoms with Gasteiger partial charge in [0.2, 0.25) is 0 Å². The van der Waals surface area contributed by atoms with Crippen molar-refractivity contribution in [2.24, 2.45) is 5.16 Å². The van der Waals surface area contributed by atoms with E-state index >= 15 is 0 Å². The van der Waals surface area contributed by atoms with Crippen molar-refractivity contribution >= 4 is 6.21 Å². The van der Waals surface area contributed by atoms with Crippen LogP contribution in [0, 0.1) is 13.8 Å². The van der Waals surface area contributed by atoms with Crippen molar-refractivity contribution in [3.8, 4) is 11.1 Å². The van der Waals surface area contributed by atoms with Crippen molar-refractivity contribution in [2.45, 2.75) is 65.2 Å². The lowest BCUT2D eigenvalue weighted by Gasteiger charge is -2.42. The second-order valence-corrected chi connectivity index (χ2v) is 8.80. The van der Waals surface area contributed by atoms with E-state index in [9.17, 15) is 0 Å². The Morgan fingerprint density at radius 1 is 0.840 bits per heavy atom. The molecule has 0 aromatic heterocycles. The Balaban J connectivity index is 2.20. The average Bonchev–Trinajstić information content (AvgIpc) is 2.53. The van der Waals surface area contributed by atoms with E-state index in [4.69, 9.17) is 5.21 Å². The lowest BCUT2D eigenvalue weighted by atomic mass is 9.62. The Labute approximate surface area is 151 Å². The molecule has 0 atom stereocenters. The normalized spacial score (nSPS) is 18.3. The van der Waals surface area contributed by atoms with Gasteiger partial charge in [-0.05, 0) is 82.5 Å². The topological polar surface area (TPSA) is 32.6 Å². The lowest BCUT2D eigenvalue weighted by molar-refractivity contribution is 0.322. The predicted octanol–water partition coefficient (Wildman–Crippen LogP) is 6.13. The third-order valence-electron chi connectivity index (χ3n) is 5.95. The second-order valence-electron chi connectivity index (χ2n) is 8.80. The summed E-state index contributed by atoms with van der Waals surface area (Å²) >= 11 is 0. The van der Waals surface area contributed by atoms with Crippen molar-refractivity contribution in [3.05, 3.63) is 58.1 Å². The molecule has 2 aromatic carbocycles. The van der Waals surface area contributed by atoms with E-state index in [0.29, 0.717) is 0 Å². The number of nitrogens with zero attached hydrogens (tertiary/aromatic N) is 1. The molecular formula is C23H29NO. The van der Waals surface area contributed by atoms with Gasteiger partial charge in [-0.25, -0.2) is 0 Å². The van der Waals surface area contributed by atoms with Gasteiger partial charge in [0.05, 0.1) is 6.21 Å². The molecule has 0 aliphatic heterocycles. The van der Waals surface area contributed by atoms with Gasteiger partial charge in [-0.15, -0.1) is 0 Å². The minimum absolute atomic E-state index is 0.213. The quantitative estimate of drug-likeness (QED) is 0.400. The maximum atomic E-state index is 8.75. The van der Waals surface area contributed by atoms with Crippen LogP contribution < -0.4 is 0 Å². The number of fused-ring (bicyclic) bond motifs is 1. The molecule has 1 aliphatic rings. The summed E-state index contributed by atoms with van der Waals surface area (Å²) in [6.45, 7) is 13.8. The fourth-order valence-electron chi connectivity index (χ4n) is 4.15. The Morgan fingerprint density at radius 2 is 1.40 bits per heavy atom.